The Morgan fingerprint density at radius 3 is 2.53 bits per heavy atom. The van der Waals surface area contributed by atoms with Crippen molar-refractivity contribution in [1.29, 1.82) is 0 Å². The SMILES string of the molecule is CN(Cc1cccc(Cl)c1)C(=O)c1ccc(O)cc1. The second-order valence-corrected chi connectivity index (χ2v) is 4.77. The van der Waals surface area contributed by atoms with Crippen LogP contribution in [0.25, 0.3) is 0 Å². The molecule has 19 heavy (non-hydrogen) atoms. The predicted octanol–water partition coefficient (Wildman–Crippen LogP) is 3.32. The van der Waals surface area contributed by atoms with E-state index < -0.39 is 0 Å². The van der Waals surface area contributed by atoms with Crippen LogP contribution in [0, 0.1) is 0 Å². The summed E-state index contributed by atoms with van der Waals surface area (Å²) in [7, 11) is 1.73. The van der Waals surface area contributed by atoms with Crippen molar-refractivity contribution >= 4 is 17.5 Å². The van der Waals surface area contributed by atoms with Gasteiger partial charge in [-0.3, -0.25) is 4.79 Å². The van der Waals surface area contributed by atoms with Crippen LogP contribution in [0.3, 0.4) is 0 Å². The van der Waals surface area contributed by atoms with Crippen LogP contribution >= 0.6 is 11.6 Å². The summed E-state index contributed by atoms with van der Waals surface area (Å²) >= 11 is 5.91. The van der Waals surface area contributed by atoms with Gasteiger partial charge in [0, 0.05) is 24.2 Å². The summed E-state index contributed by atoms with van der Waals surface area (Å²) in [5.74, 6) is 0.0500. The molecule has 0 atom stereocenters. The number of phenolic OH excluding ortho intramolecular Hbond substituents is 1. The van der Waals surface area contributed by atoms with E-state index in [2.05, 4.69) is 0 Å². The number of carbonyl (C=O) groups excluding carboxylic acids is 1. The van der Waals surface area contributed by atoms with Crippen LogP contribution in [-0.2, 0) is 6.54 Å². The van der Waals surface area contributed by atoms with Crippen molar-refractivity contribution in [3.05, 3.63) is 64.7 Å². The van der Waals surface area contributed by atoms with Gasteiger partial charge < -0.3 is 10.0 Å². The largest absolute Gasteiger partial charge is 0.508 e. The number of nitrogens with zero attached hydrogens (tertiary/aromatic N) is 1. The Morgan fingerprint density at radius 2 is 1.89 bits per heavy atom. The molecule has 1 N–H and O–H groups in total. The van der Waals surface area contributed by atoms with Gasteiger partial charge >= 0.3 is 0 Å². The fraction of sp³-hybridized carbons (Fsp3) is 0.133. The molecule has 0 aliphatic heterocycles. The number of rotatable bonds is 3. The smallest absolute Gasteiger partial charge is 0.253 e. The Bertz CT molecular complexity index is 581. The minimum atomic E-state index is -0.0972. The fourth-order valence-electron chi connectivity index (χ4n) is 1.81. The third kappa shape index (κ3) is 3.48. The molecule has 0 aliphatic rings. The van der Waals surface area contributed by atoms with Gasteiger partial charge in [-0.15, -0.1) is 0 Å². The minimum Gasteiger partial charge on any atom is -0.508 e. The monoisotopic (exact) mass is 275 g/mol. The molecule has 0 spiro atoms. The van der Waals surface area contributed by atoms with Crippen LogP contribution in [0.1, 0.15) is 15.9 Å². The molecular weight excluding hydrogens is 262 g/mol. The van der Waals surface area contributed by atoms with E-state index in [0.29, 0.717) is 17.1 Å². The second-order valence-electron chi connectivity index (χ2n) is 4.34. The fourth-order valence-corrected chi connectivity index (χ4v) is 2.02. The first kappa shape index (κ1) is 13.4. The zero-order valence-corrected chi connectivity index (χ0v) is 11.3. The van der Waals surface area contributed by atoms with Crippen molar-refractivity contribution in [2.45, 2.75) is 6.54 Å². The predicted molar refractivity (Wildman–Crippen MR) is 75.4 cm³/mol. The Hall–Kier alpha value is -2.00. The molecule has 0 fully saturated rings. The van der Waals surface area contributed by atoms with Crippen molar-refractivity contribution in [1.82, 2.24) is 4.90 Å². The molecule has 0 bridgehead atoms. The molecule has 0 aromatic heterocycles. The summed E-state index contributed by atoms with van der Waals surface area (Å²) in [4.78, 5) is 13.8. The topological polar surface area (TPSA) is 40.5 Å². The van der Waals surface area contributed by atoms with Gasteiger partial charge in [-0.05, 0) is 42.0 Å². The molecule has 2 aromatic rings. The highest BCUT2D eigenvalue weighted by atomic mass is 35.5. The van der Waals surface area contributed by atoms with Crippen molar-refractivity contribution in [2.75, 3.05) is 7.05 Å². The van der Waals surface area contributed by atoms with Crippen LogP contribution in [0.2, 0.25) is 5.02 Å². The lowest BCUT2D eigenvalue weighted by Gasteiger charge is -2.17. The third-order valence-corrected chi connectivity index (χ3v) is 3.00. The van der Waals surface area contributed by atoms with E-state index in [0.717, 1.165) is 5.56 Å². The van der Waals surface area contributed by atoms with Crippen molar-refractivity contribution in [3.63, 3.8) is 0 Å². The molecule has 2 aromatic carbocycles. The lowest BCUT2D eigenvalue weighted by atomic mass is 10.1. The Kier molecular flexibility index (Phi) is 4.07. The van der Waals surface area contributed by atoms with E-state index in [1.165, 1.54) is 12.1 Å². The number of halogens is 1. The molecule has 2 rings (SSSR count). The molecule has 98 valence electrons. The first-order valence-corrected chi connectivity index (χ1v) is 6.23. The molecule has 0 unspecified atom stereocenters. The number of amides is 1. The van der Waals surface area contributed by atoms with E-state index in [4.69, 9.17) is 11.6 Å². The van der Waals surface area contributed by atoms with Crippen LogP contribution in [-0.4, -0.2) is 23.0 Å². The average Bonchev–Trinajstić information content (AvgIpc) is 2.39. The van der Waals surface area contributed by atoms with E-state index in [1.807, 2.05) is 18.2 Å². The highest BCUT2D eigenvalue weighted by Gasteiger charge is 2.11. The maximum absolute atomic E-state index is 12.2. The van der Waals surface area contributed by atoms with Gasteiger partial charge in [0.05, 0.1) is 0 Å². The normalized spacial score (nSPS) is 10.2. The second kappa shape index (κ2) is 5.76. The lowest BCUT2D eigenvalue weighted by molar-refractivity contribution is 0.0785. The van der Waals surface area contributed by atoms with Crippen LogP contribution in [0.5, 0.6) is 5.75 Å². The van der Waals surface area contributed by atoms with Crippen molar-refractivity contribution < 1.29 is 9.90 Å². The first-order valence-electron chi connectivity index (χ1n) is 5.85. The zero-order valence-electron chi connectivity index (χ0n) is 10.5. The van der Waals surface area contributed by atoms with Crippen LogP contribution in [0.4, 0.5) is 0 Å². The van der Waals surface area contributed by atoms with Gasteiger partial charge in [-0.25, -0.2) is 0 Å². The quantitative estimate of drug-likeness (QED) is 0.933. The Morgan fingerprint density at radius 1 is 1.21 bits per heavy atom. The molecule has 0 radical (unpaired) electrons. The van der Waals surface area contributed by atoms with Crippen molar-refractivity contribution in [3.8, 4) is 5.75 Å². The van der Waals surface area contributed by atoms with E-state index in [-0.39, 0.29) is 11.7 Å². The molecule has 0 saturated carbocycles. The third-order valence-electron chi connectivity index (χ3n) is 2.77. The molecule has 1 amide bonds. The van der Waals surface area contributed by atoms with E-state index in [1.54, 1.807) is 30.1 Å². The number of hydrogen-bond acceptors (Lipinski definition) is 2. The summed E-state index contributed by atoms with van der Waals surface area (Å²) < 4.78 is 0. The summed E-state index contributed by atoms with van der Waals surface area (Å²) in [5, 5.41) is 9.86. The minimum absolute atomic E-state index is 0.0972. The number of carbonyl (C=O) groups is 1. The molecule has 0 saturated heterocycles. The number of aromatic hydroxyl groups is 1. The molecule has 0 heterocycles. The van der Waals surface area contributed by atoms with Crippen LogP contribution < -0.4 is 0 Å². The van der Waals surface area contributed by atoms with Gasteiger partial charge in [0.15, 0.2) is 0 Å². The number of phenols is 1. The molecule has 4 heteroatoms. The summed E-state index contributed by atoms with van der Waals surface area (Å²) in [5.41, 5.74) is 1.52. The summed E-state index contributed by atoms with van der Waals surface area (Å²) in [6.45, 7) is 0.486. The van der Waals surface area contributed by atoms with Gasteiger partial charge in [-0.1, -0.05) is 23.7 Å². The average molecular weight is 276 g/mol. The lowest BCUT2D eigenvalue weighted by Crippen LogP contribution is -2.26. The first-order chi connectivity index (χ1) is 9.06. The molecule has 3 nitrogen and oxygen atoms in total. The molecule has 0 aliphatic carbocycles. The summed E-state index contributed by atoms with van der Waals surface area (Å²) in [6.07, 6.45) is 0. The Labute approximate surface area is 117 Å². The number of benzene rings is 2. The highest BCUT2D eigenvalue weighted by molar-refractivity contribution is 6.30. The number of hydrogen-bond donors (Lipinski definition) is 1. The van der Waals surface area contributed by atoms with Crippen molar-refractivity contribution in [2.24, 2.45) is 0 Å². The maximum atomic E-state index is 12.2. The van der Waals surface area contributed by atoms with Gasteiger partial charge in [0.1, 0.15) is 5.75 Å². The zero-order chi connectivity index (χ0) is 13.8. The van der Waals surface area contributed by atoms with Gasteiger partial charge in [-0.2, -0.15) is 0 Å². The Balaban J connectivity index is 2.09. The highest BCUT2D eigenvalue weighted by Crippen LogP contribution is 2.15. The van der Waals surface area contributed by atoms with Gasteiger partial charge in [0.2, 0.25) is 0 Å². The maximum Gasteiger partial charge on any atom is 0.253 e. The van der Waals surface area contributed by atoms with Gasteiger partial charge in [0.25, 0.3) is 5.91 Å². The molecular formula is C15H14ClNO2. The van der Waals surface area contributed by atoms with E-state index in [9.17, 15) is 9.90 Å². The summed E-state index contributed by atoms with van der Waals surface area (Å²) in [6, 6.07) is 13.6. The van der Waals surface area contributed by atoms with Crippen LogP contribution in [0.15, 0.2) is 48.5 Å². The van der Waals surface area contributed by atoms with E-state index >= 15 is 0 Å². The standard InChI is InChI=1S/C15H14ClNO2/c1-17(10-11-3-2-4-13(16)9-11)15(19)12-5-7-14(18)8-6-12/h2-9,18H,10H2,1H3.